The van der Waals surface area contributed by atoms with Crippen molar-refractivity contribution in [3.8, 4) is 11.3 Å². The predicted molar refractivity (Wildman–Crippen MR) is 85.6 cm³/mol. The first-order valence-electron chi connectivity index (χ1n) is 7.82. The third kappa shape index (κ3) is 6.54. The van der Waals surface area contributed by atoms with Gasteiger partial charge in [0.1, 0.15) is 0 Å². The monoisotopic (exact) mass is 459 g/mol. The molecule has 0 amide bonds. The summed E-state index contributed by atoms with van der Waals surface area (Å²) in [6.07, 6.45) is 11.2. The van der Waals surface area contributed by atoms with Gasteiger partial charge in [0.2, 0.25) is 0 Å². The Labute approximate surface area is 142 Å². The molecule has 0 bridgehead atoms. The van der Waals surface area contributed by atoms with Crippen LogP contribution in [0.25, 0.3) is 11.3 Å². The average molecular weight is 459 g/mol. The number of benzene rings is 1. The number of hydrogen-bond donors (Lipinski definition) is 0. The van der Waals surface area contributed by atoms with Crippen molar-refractivity contribution in [1.82, 2.24) is 4.98 Å². The van der Waals surface area contributed by atoms with Crippen LogP contribution in [0.1, 0.15) is 51.0 Å². The van der Waals surface area contributed by atoms with E-state index in [1.54, 1.807) is 0 Å². The van der Waals surface area contributed by atoms with E-state index in [9.17, 15) is 0 Å². The Balaban J connectivity index is 0.00000220. The molecule has 2 heteroatoms. The summed E-state index contributed by atoms with van der Waals surface area (Å²) in [5.74, 6) is 0. The second-order valence-electron chi connectivity index (χ2n) is 5.35. The first-order chi connectivity index (χ1) is 9.90. The molecule has 0 fully saturated rings. The minimum absolute atomic E-state index is 0. The first kappa shape index (κ1) is 18.1. The summed E-state index contributed by atoms with van der Waals surface area (Å²) in [5.41, 5.74) is 3.43. The zero-order chi connectivity index (χ0) is 14.0. The van der Waals surface area contributed by atoms with Crippen LogP contribution in [0.2, 0.25) is 0 Å². The van der Waals surface area contributed by atoms with E-state index < -0.39 is 0 Å². The standard InChI is InChI=1S/C19H24N.Ir/c1-2-3-4-5-6-8-11-17-14-15-19(20-16-17)18-12-9-7-10-13-18;/h7,9-10,12,14-16H,2-6,8,11H2,1H3;/q-1;. The number of pyridine rings is 1. The second-order valence-corrected chi connectivity index (χ2v) is 5.35. The van der Waals surface area contributed by atoms with Crippen molar-refractivity contribution in [2.45, 2.75) is 51.9 Å². The Morgan fingerprint density at radius 1 is 0.952 bits per heavy atom. The summed E-state index contributed by atoms with van der Waals surface area (Å²) >= 11 is 0. The fourth-order valence-electron chi connectivity index (χ4n) is 2.39. The molecule has 2 rings (SSSR count). The molecular formula is C19H24IrN-. The summed E-state index contributed by atoms with van der Waals surface area (Å²) in [6, 6.07) is 15.5. The Bertz CT molecular complexity index is 479. The van der Waals surface area contributed by atoms with Crippen molar-refractivity contribution in [2.24, 2.45) is 0 Å². The predicted octanol–water partition coefficient (Wildman–Crippen LogP) is 5.45. The molecule has 0 aliphatic carbocycles. The average Bonchev–Trinajstić information content (AvgIpc) is 2.52. The Morgan fingerprint density at radius 3 is 2.43 bits per heavy atom. The fraction of sp³-hybridized carbons (Fsp3) is 0.421. The molecule has 1 nitrogen and oxygen atoms in total. The maximum absolute atomic E-state index is 4.55. The molecule has 0 atom stereocenters. The van der Waals surface area contributed by atoms with Crippen molar-refractivity contribution in [2.75, 3.05) is 0 Å². The summed E-state index contributed by atoms with van der Waals surface area (Å²) in [4.78, 5) is 4.55. The molecule has 0 aliphatic rings. The van der Waals surface area contributed by atoms with Gasteiger partial charge >= 0.3 is 0 Å². The maximum atomic E-state index is 4.55. The van der Waals surface area contributed by atoms with Crippen molar-refractivity contribution >= 4 is 0 Å². The molecule has 1 radical (unpaired) electrons. The number of nitrogens with zero attached hydrogens (tertiary/aromatic N) is 1. The molecule has 0 saturated carbocycles. The maximum Gasteiger partial charge on any atom is 0.0192 e. The van der Waals surface area contributed by atoms with Gasteiger partial charge in [-0.05, 0) is 24.1 Å². The van der Waals surface area contributed by atoms with E-state index in [4.69, 9.17) is 0 Å². The molecule has 0 N–H and O–H groups in total. The first-order valence-corrected chi connectivity index (χ1v) is 7.82. The molecule has 0 spiro atoms. The number of hydrogen-bond acceptors (Lipinski definition) is 1. The van der Waals surface area contributed by atoms with Crippen molar-refractivity contribution in [3.05, 3.63) is 54.2 Å². The largest absolute Gasteiger partial charge is 0.304 e. The van der Waals surface area contributed by atoms with Crippen LogP contribution in [0.15, 0.2) is 42.6 Å². The van der Waals surface area contributed by atoms with Gasteiger partial charge in [0.05, 0.1) is 0 Å². The number of unbranched alkanes of at least 4 members (excludes halogenated alkanes) is 5. The van der Waals surface area contributed by atoms with Crippen LogP contribution in [0.3, 0.4) is 0 Å². The van der Waals surface area contributed by atoms with E-state index in [-0.39, 0.29) is 20.1 Å². The van der Waals surface area contributed by atoms with Gasteiger partial charge in [0.15, 0.2) is 0 Å². The van der Waals surface area contributed by atoms with Crippen LogP contribution >= 0.6 is 0 Å². The molecule has 0 unspecified atom stereocenters. The minimum atomic E-state index is 0. The zero-order valence-corrected chi connectivity index (χ0v) is 15.2. The van der Waals surface area contributed by atoms with Gasteiger partial charge in [-0.25, -0.2) is 0 Å². The third-order valence-electron chi connectivity index (χ3n) is 3.63. The number of aryl methyl sites for hydroxylation is 1. The van der Waals surface area contributed by atoms with Crippen molar-refractivity contribution in [1.29, 1.82) is 0 Å². The summed E-state index contributed by atoms with van der Waals surface area (Å²) in [5, 5.41) is 0. The molecule has 1 heterocycles. The van der Waals surface area contributed by atoms with Crippen molar-refractivity contribution < 1.29 is 20.1 Å². The van der Waals surface area contributed by atoms with E-state index in [1.807, 2.05) is 24.4 Å². The van der Waals surface area contributed by atoms with E-state index in [0.29, 0.717) is 0 Å². The van der Waals surface area contributed by atoms with Gasteiger partial charge in [-0.2, -0.15) is 0 Å². The molecule has 0 aliphatic heterocycles. The molecular weight excluding hydrogens is 434 g/mol. The number of aromatic nitrogens is 1. The van der Waals surface area contributed by atoms with Crippen LogP contribution in [0.5, 0.6) is 0 Å². The van der Waals surface area contributed by atoms with Crippen LogP contribution in [-0.2, 0) is 26.5 Å². The van der Waals surface area contributed by atoms with Crippen LogP contribution in [0.4, 0.5) is 0 Å². The van der Waals surface area contributed by atoms with Gasteiger partial charge in [-0.1, -0.05) is 51.2 Å². The van der Waals surface area contributed by atoms with E-state index in [0.717, 1.165) is 17.7 Å². The summed E-state index contributed by atoms with van der Waals surface area (Å²) < 4.78 is 0. The summed E-state index contributed by atoms with van der Waals surface area (Å²) in [6.45, 7) is 2.26. The van der Waals surface area contributed by atoms with E-state index in [1.165, 1.54) is 44.1 Å². The van der Waals surface area contributed by atoms with Gasteiger partial charge in [0.25, 0.3) is 0 Å². The summed E-state index contributed by atoms with van der Waals surface area (Å²) in [7, 11) is 0. The van der Waals surface area contributed by atoms with Crippen LogP contribution in [-0.4, -0.2) is 4.98 Å². The van der Waals surface area contributed by atoms with Gasteiger partial charge in [0, 0.05) is 26.3 Å². The second kappa shape index (κ2) is 10.7. The van der Waals surface area contributed by atoms with E-state index >= 15 is 0 Å². The smallest absolute Gasteiger partial charge is 0.0192 e. The Kier molecular flexibility index (Phi) is 9.21. The molecule has 115 valence electrons. The molecule has 1 aromatic heterocycles. The quantitative estimate of drug-likeness (QED) is 0.379. The minimum Gasteiger partial charge on any atom is -0.304 e. The molecule has 21 heavy (non-hydrogen) atoms. The topological polar surface area (TPSA) is 12.9 Å². The molecule has 1 aromatic carbocycles. The Hall–Kier alpha value is -0.981. The third-order valence-corrected chi connectivity index (χ3v) is 3.63. The molecule has 2 aromatic rings. The SMILES string of the molecule is CCCCCCCCc1ccc(-c2[c-]cccc2)nc1.[Ir]. The Morgan fingerprint density at radius 2 is 1.76 bits per heavy atom. The van der Waals surface area contributed by atoms with Crippen LogP contribution in [0, 0.1) is 6.07 Å². The van der Waals surface area contributed by atoms with E-state index in [2.05, 4.69) is 36.2 Å². The van der Waals surface area contributed by atoms with Gasteiger partial charge in [-0.3, -0.25) is 0 Å². The van der Waals surface area contributed by atoms with Gasteiger partial charge in [-0.15, -0.1) is 35.9 Å². The van der Waals surface area contributed by atoms with Crippen molar-refractivity contribution in [3.63, 3.8) is 0 Å². The fourth-order valence-corrected chi connectivity index (χ4v) is 2.39. The van der Waals surface area contributed by atoms with Gasteiger partial charge < -0.3 is 4.98 Å². The zero-order valence-electron chi connectivity index (χ0n) is 12.8. The normalized spacial score (nSPS) is 10.1. The molecule has 0 saturated heterocycles. The van der Waals surface area contributed by atoms with Crippen LogP contribution < -0.4 is 0 Å². The number of rotatable bonds is 8.